The van der Waals surface area contributed by atoms with Crippen molar-refractivity contribution in [1.29, 1.82) is 0 Å². The van der Waals surface area contributed by atoms with Crippen LogP contribution in [0.25, 0.3) is 0 Å². The molecule has 2 heterocycles. The minimum Gasteiger partial charge on any atom is -0.497 e. The van der Waals surface area contributed by atoms with Crippen LogP contribution in [0.4, 0.5) is 17.8 Å². The van der Waals surface area contributed by atoms with Gasteiger partial charge in [-0.1, -0.05) is 18.2 Å². The van der Waals surface area contributed by atoms with Crippen LogP contribution in [0, 0.1) is 0 Å². The van der Waals surface area contributed by atoms with Gasteiger partial charge in [-0.3, -0.25) is 10.4 Å². The number of allylic oxidation sites excluding steroid dienone is 2. The molecule has 0 atom stereocenters. The first-order chi connectivity index (χ1) is 14.1. The molecule has 0 amide bonds. The molecule has 0 bridgehead atoms. The highest BCUT2D eigenvalue weighted by Gasteiger charge is 2.08. The van der Waals surface area contributed by atoms with E-state index in [-0.39, 0.29) is 23.7 Å². The highest BCUT2D eigenvalue weighted by molar-refractivity contribution is 5.73. The Kier molecular flexibility index (Phi) is 6.20. The zero-order valence-corrected chi connectivity index (χ0v) is 15.8. The van der Waals surface area contributed by atoms with E-state index in [0.29, 0.717) is 6.54 Å². The first-order valence-corrected chi connectivity index (χ1v) is 8.63. The van der Waals surface area contributed by atoms with E-state index in [1.807, 2.05) is 37.3 Å². The van der Waals surface area contributed by atoms with Crippen LogP contribution >= 0.6 is 0 Å². The van der Waals surface area contributed by atoms with Crippen LogP contribution in [0.3, 0.4) is 0 Å². The molecule has 3 rings (SSSR count). The molecule has 0 aliphatic heterocycles. The molecular weight excluding hydrogens is 376 g/mol. The van der Waals surface area contributed by atoms with Gasteiger partial charge in [0.25, 0.3) is 5.95 Å². The molecule has 0 radical (unpaired) electrons. The van der Waals surface area contributed by atoms with Crippen LogP contribution in [0.1, 0.15) is 12.5 Å². The molecule has 0 saturated carbocycles. The van der Waals surface area contributed by atoms with Gasteiger partial charge in [0.05, 0.1) is 13.3 Å². The van der Waals surface area contributed by atoms with Gasteiger partial charge in [-0.25, -0.2) is 14.5 Å². The van der Waals surface area contributed by atoms with Crippen molar-refractivity contribution in [2.45, 2.75) is 13.5 Å². The topological polar surface area (TPSA) is 142 Å². The Morgan fingerprint density at radius 1 is 1.24 bits per heavy atom. The van der Waals surface area contributed by atoms with Crippen LogP contribution in [0.15, 0.2) is 52.4 Å². The maximum Gasteiger partial charge on any atom is 0.347 e. The second kappa shape index (κ2) is 9.17. The number of nitrogens with zero attached hydrogens (tertiary/aromatic N) is 5. The Hall–Kier alpha value is -4.15. The quantitative estimate of drug-likeness (QED) is 0.423. The largest absolute Gasteiger partial charge is 0.497 e. The van der Waals surface area contributed by atoms with E-state index in [4.69, 9.17) is 4.74 Å². The fourth-order valence-corrected chi connectivity index (χ4v) is 2.25. The number of aromatic nitrogens is 5. The van der Waals surface area contributed by atoms with Gasteiger partial charge in [-0.2, -0.15) is 15.0 Å². The molecule has 29 heavy (non-hydrogen) atoms. The zero-order chi connectivity index (χ0) is 20.6. The standard InChI is InChI=1S/C18H20N8O3/c1-3-4-9-19-15-22-16(20-10-12-5-7-13(29-2)8-6-12)24-17(23-15)25-26-11-14(27)21-18(26)28/h3-9,11,27H,10H2,1-2H3,(H,21,28)(H2,20,22,23,24,25)/b4-3-,19-9?. The van der Waals surface area contributed by atoms with Gasteiger partial charge in [0.1, 0.15) is 5.75 Å². The Labute approximate surface area is 165 Å². The number of nitrogens with one attached hydrogen (secondary N) is 3. The minimum atomic E-state index is -0.574. The monoisotopic (exact) mass is 396 g/mol. The fraction of sp³-hybridized carbons (Fsp3) is 0.167. The van der Waals surface area contributed by atoms with Crippen LogP contribution < -0.4 is 21.2 Å². The number of methoxy groups -OCH3 is 1. The lowest BCUT2D eigenvalue weighted by Crippen LogP contribution is -2.24. The zero-order valence-electron chi connectivity index (χ0n) is 15.8. The number of anilines is 2. The highest BCUT2D eigenvalue weighted by atomic mass is 16.5. The molecule has 0 unspecified atom stereocenters. The third-order valence-electron chi connectivity index (χ3n) is 3.63. The van der Waals surface area contributed by atoms with Gasteiger partial charge in [0.2, 0.25) is 17.8 Å². The highest BCUT2D eigenvalue weighted by Crippen LogP contribution is 2.15. The van der Waals surface area contributed by atoms with Crippen LogP contribution in [-0.2, 0) is 6.54 Å². The van der Waals surface area contributed by atoms with Crippen molar-refractivity contribution >= 4 is 24.1 Å². The Morgan fingerprint density at radius 2 is 2.00 bits per heavy atom. The van der Waals surface area contributed by atoms with Crippen molar-refractivity contribution < 1.29 is 9.84 Å². The molecule has 2 aromatic heterocycles. The van der Waals surface area contributed by atoms with Crippen molar-refractivity contribution in [2.24, 2.45) is 4.99 Å². The smallest absolute Gasteiger partial charge is 0.347 e. The van der Waals surface area contributed by atoms with E-state index in [1.54, 1.807) is 19.4 Å². The van der Waals surface area contributed by atoms with Crippen LogP contribution in [0.2, 0.25) is 0 Å². The number of benzene rings is 1. The fourth-order valence-electron chi connectivity index (χ4n) is 2.25. The number of H-pyrrole nitrogens is 1. The second-order valence-corrected chi connectivity index (χ2v) is 5.71. The summed E-state index contributed by atoms with van der Waals surface area (Å²) < 4.78 is 6.16. The first-order valence-electron chi connectivity index (χ1n) is 8.63. The molecule has 4 N–H and O–H groups in total. The predicted octanol–water partition coefficient (Wildman–Crippen LogP) is 1.84. The summed E-state index contributed by atoms with van der Waals surface area (Å²) in [6, 6.07) is 7.54. The molecule has 0 aliphatic rings. The summed E-state index contributed by atoms with van der Waals surface area (Å²) in [6.45, 7) is 2.31. The third kappa shape index (κ3) is 5.42. The minimum absolute atomic E-state index is 0.0750. The number of hydrogen-bond acceptors (Lipinski definition) is 9. The number of hydrogen-bond donors (Lipinski definition) is 4. The van der Waals surface area contributed by atoms with Crippen molar-refractivity contribution in [3.63, 3.8) is 0 Å². The van der Waals surface area contributed by atoms with Crippen molar-refractivity contribution in [3.8, 4) is 11.6 Å². The van der Waals surface area contributed by atoms with E-state index in [0.717, 1.165) is 16.0 Å². The molecule has 11 heteroatoms. The van der Waals surface area contributed by atoms with Gasteiger partial charge in [-0.15, -0.1) is 0 Å². The lowest BCUT2D eigenvalue weighted by atomic mass is 10.2. The summed E-state index contributed by atoms with van der Waals surface area (Å²) >= 11 is 0. The van der Waals surface area contributed by atoms with E-state index < -0.39 is 5.69 Å². The summed E-state index contributed by atoms with van der Waals surface area (Å²) in [5.41, 5.74) is 3.10. The normalized spacial score (nSPS) is 11.2. The average Bonchev–Trinajstić information content (AvgIpc) is 3.03. The maximum atomic E-state index is 11.7. The number of ether oxygens (including phenoxy) is 1. The van der Waals surface area contributed by atoms with Gasteiger partial charge in [0, 0.05) is 12.8 Å². The van der Waals surface area contributed by atoms with E-state index in [1.165, 1.54) is 6.20 Å². The van der Waals surface area contributed by atoms with Crippen LogP contribution in [0.5, 0.6) is 11.6 Å². The van der Waals surface area contributed by atoms with Gasteiger partial charge in [-0.05, 0) is 30.7 Å². The maximum absolute atomic E-state index is 11.7. The third-order valence-corrected chi connectivity index (χ3v) is 3.63. The second-order valence-electron chi connectivity index (χ2n) is 5.71. The molecule has 0 aliphatic carbocycles. The summed E-state index contributed by atoms with van der Waals surface area (Å²) in [6.07, 6.45) is 6.25. The summed E-state index contributed by atoms with van der Waals surface area (Å²) in [5, 5.41) is 12.5. The lowest BCUT2D eigenvalue weighted by Gasteiger charge is -2.09. The number of rotatable bonds is 8. The SMILES string of the molecule is C/C=C\C=Nc1nc(NCc2ccc(OC)cc2)nc(Nn2cc(O)[nH]c2=O)n1. The van der Waals surface area contributed by atoms with Crippen molar-refractivity contribution in [2.75, 3.05) is 17.9 Å². The van der Waals surface area contributed by atoms with E-state index in [9.17, 15) is 9.90 Å². The lowest BCUT2D eigenvalue weighted by molar-refractivity contribution is 0.414. The molecule has 3 aromatic rings. The molecule has 0 saturated heterocycles. The molecular formula is C18H20N8O3. The number of aromatic hydroxyl groups is 1. The van der Waals surface area contributed by atoms with Gasteiger partial charge >= 0.3 is 5.69 Å². The number of aliphatic imine (C=N–C) groups is 1. The van der Waals surface area contributed by atoms with E-state index >= 15 is 0 Å². The molecule has 0 fully saturated rings. The molecule has 150 valence electrons. The van der Waals surface area contributed by atoms with E-state index in [2.05, 4.69) is 35.7 Å². The van der Waals surface area contributed by atoms with Crippen molar-refractivity contribution in [3.05, 3.63) is 58.7 Å². The van der Waals surface area contributed by atoms with Gasteiger partial charge in [0.15, 0.2) is 0 Å². The number of imidazole rings is 1. The van der Waals surface area contributed by atoms with Crippen LogP contribution in [-0.4, -0.2) is 43.0 Å². The predicted molar refractivity (Wildman–Crippen MR) is 109 cm³/mol. The Bertz CT molecular complexity index is 1070. The Balaban J connectivity index is 1.82. The molecule has 1 aromatic carbocycles. The molecule has 11 nitrogen and oxygen atoms in total. The summed E-state index contributed by atoms with van der Waals surface area (Å²) in [4.78, 5) is 30.7. The molecule has 0 spiro atoms. The Morgan fingerprint density at radius 3 is 2.66 bits per heavy atom. The van der Waals surface area contributed by atoms with Gasteiger partial charge < -0.3 is 15.2 Å². The average molecular weight is 396 g/mol. The first kappa shape index (κ1) is 19.6. The summed E-state index contributed by atoms with van der Waals surface area (Å²) in [7, 11) is 1.61. The summed E-state index contributed by atoms with van der Waals surface area (Å²) in [5.74, 6) is 0.956. The van der Waals surface area contributed by atoms with Crippen molar-refractivity contribution in [1.82, 2.24) is 24.6 Å². The number of aromatic amines is 1.